The lowest BCUT2D eigenvalue weighted by Gasteiger charge is -2.70. The second-order valence-electron chi connectivity index (χ2n) is 9.17. The smallest absolute Gasteiger partial charge is 0.242 e. The van der Waals surface area contributed by atoms with E-state index in [1.807, 2.05) is 30.1 Å². The van der Waals surface area contributed by atoms with Gasteiger partial charge in [0.05, 0.1) is 17.6 Å². The first-order valence-electron chi connectivity index (χ1n) is 10.5. The summed E-state index contributed by atoms with van der Waals surface area (Å²) >= 11 is 0. The first-order valence-corrected chi connectivity index (χ1v) is 10.5. The number of aromatic nitrogens is 5. The maximum absolute atomic E-state index is 14.5. The minimum atomic E-state index is -0.152. The van der Waals surface area contributed by atoms with Crippen LogP contribution in [0.25, 0.3) is 0 Å². The minimum Gasteiger partial charge on any atom is -0.347 e. The number of anilines is 1. The molecule has 1 aliphatic heterocycles. The molecule has 0 unspecified atom stereocenters. The number of benzene rings is 1. The Morgan fingerprint density at radius 3 is 2.76 bits per heavy atom. The number of rotatable bonds is 4. The molecule has 6 nitrogen and oxygen atoms in total. The second kappa shape index (κ2) is 5.90. The van der Waals surface area contributed by atoms with Crippen molar-refractivity contribution in [3.63, 3.8) is 0 Å². The van der Waals surface area contributed by atoms with Crippen molar-refractivity contribution in [1.82, 2.24) is 24.3 Å². The molecule has 7 heteroatoms. The highest BCUT2D eigenvalue weighted by Gasteiger charge is 2.69. The van der Waals surface area contributed by atoms with Gasteiger partial charge in [0.1, 0.15) is 11.6 Å². The van der Waals surface area contributed by atoms with Crippen LogP contribution in [0.4, 0.5) is 10.3 Å². The van der Waals surface area contributed by atoms with Crippen molar-refractivity contribution < 1.29 is 4.39 Å². The Bertz CT molecular complexity index is 1060. The maximum atomic E-state index is 14.5. The maximum Gasteiger partial charge on any atom is 0.242 e. The molecule has 1 aromatic carbocycles. The number of hydrogen-bond donors (Lipinski definition) is 1. The van der Waals surface area contributed by atoms with Gasteiger partial charge in [-0.2, -0.15) is 4.98 Å². The van der Waals surface area contributed by atoms with Crippen LogP contribution >= 0.6 is 0 Å². The van der Waals surface area contributed by atoms with Gasteiger partial charge in [-0.05, 0) is 50.7 Å². The fourth-order valence-corrected chi connectivity index (χ4v) is 5.68. The molecule has 2 aromatic heterocycles. The van der Waals surface area contributed by atoms with Gasteiger partial charge in [-0.25, -0.2) is 14.1 Å². The van der Waals surface area contributed by atoms with Gasteiger partial charge in [0.2, 0.25) is 5.95 Å². The molecular formula is C22H25FN6. The van der Waals surface area contributed by atoms with E-state index in [9.17, 15) is 4.39 Å². The van der Waals surface area contributed by atoms with Crippen molar-refractivity contribution in [2.24, 2.45) is 0 Å². The normalized spacial score (nSPS) is 30.1. The number of fused-ring (bicyclic) bond motifs is 1. The van der Waals surface area contributed by atoms with Crippen molar-refractivity contribution in [1.29, 1.82) is 0 Å². The van der Waals surface area contributed by atoms with E-state index in [2.05, 4.69) is 21.1 Å². The van der Waals surface area contributed by atoms with Gasteiger partial charge in [-0.15, -0.1) is 5.10 Å². The summed E-state index contributed by atoms with van der Waals surface area (Å²) in [4.78, 5) is 9.23. The summed E-state index contributed by atoms with van der Waals surface area (Å²) in [6.45, 7) is 2.88. The number of nitrogens with zero attached hydrogens (tertiary/aromatic N) is 5. The number of hydrogen-bond acceptors (Lipinski definition) is 4. The van der Waals surface area contributed by atoms with Crippen LogP contribution in [0.5, 0.6) is 0 Å². The Labute approximate surface area is 169 Å². The fourth-order valence-electron chi connectivity index (χ4n) is 5.68. The van der Waals surface area contributed by atoms with Gasteiger partial charge in [0.25, 0.3) is 0 Å². The number of aryl methyl sites for hydroxylation is 2. The molecule has 29 heavy (non-hydrogen) atoms. The van der Waals surface area contributed by atoms with E-state index >= 15 is 0 Å². The molecule has 1 N–H and O–H groups in total. The summed E-state index contributed by atoms with van der Waals surface area (Å²) in [5.74, 6) is 1.40. The van der Waals surface area contributed by atoms with E-state index in [1.165, 1.54) is 0 Å². The average molecular weight is 392 g/mol. The quantitative estimate of drug-likeness (QED) is 0.730. The molecule has 4 aliphatic rings. The Kier molecular flexibility index (Phi) is 3.50. The van der Waals surface area contributed by atoms with E-state index in [1.54, 1.807) is 12.1 Å². The molecule has 7 rings (SSSR count). The van der Waals surface area contributed by atoms with Crippen LogP contribution in [0.3, 0.4) is 0 Å². The Morgan fingerprint density at radius 2 is 2.00 bits per heavy atom. The molecular weight excluding hydrogens is 367 g/mol. The van der Waals surface area contributed by atoms with Gasteiger partial charge in [0, 0.05) is 24.2 Å². The standard InChI is InChI=1S/C22H25FN6/c1-15-10-28(14-24-15)22-11-21(12-22,13-22)26-20-25-19-17(7-4-5-9-29(19)27-20)16-6-2-3-8-18(16)23/h2-3,6,8,10,14,17H,4-5,7,9,11-13H2,1H3,(H,26,27)/t17-,21?,22?/m0/s1. The van der Waals surface area contributed by atoms with Gasteiger partial charge < -0.3 is 9.88 Å². The SMILES string of the molecule is Cc1cn(C23CC(Nc4nc5n(n4)CCCC[C@H]5c4ccccc4F)(C2)C3)cn1. The Morgan fingerprint density at radius 1 is 1.17 bits per heavy atom. The fraction of sp³-hybridized carbons (Fsp3) is 0.500. The van der Waals surface area contributed by atoms with Crippen molar-refractivity contribution in [3.8, 4) is 0 Å². The van der Waals surface area contributed by atoms with Crippen LogP contribution in [-0.4, -0.2) is 29.9 Å². The third-order valence-corrected chi connectivity index (χ3v) is 7.04. The molecule has 3 heterocycles. The zero-order chi connectivity index (χ0) is 19.6. The average Bonchev–Trinajstić information content (AvgIpc) is 3.19. The van der Waals surface area contributed by atoms with Crippen molar-refractivity contribution in [2.75, 3.05) is 5.32 Å². The van der Waals surface area contributed by atoms with Gasteiger partial charge in [-0.3, -0.25) is 0 Å². The molecule has 0 spiro atoms. The zero-order valence-electron chi connectivity index (χ0n) is 16.6. The number of nitrogens with one attached hydrogen (secondary N) is 1. The van der Waals surface area contributed by atoms with Gasteiger partial charge in [-0.1, -0.05) is 24.6 Å². The van der Waals surface area contributed by atoms with E-state index in [0.717, 1.165) is 62.2 Å². The van der Waals surface area contributed by atoms with E-state index in [4.69, 9.17) is 10.1 Å². The monoisotopic (exact) mass is 392 g/mol. The van der Waals surface area contributed by atoms with E-state index < -0.39 is 0 Å². The number of imidazole rings is 1. The Balaban J connectivity index is 1.24. The molecule has 0 amide bonds. The first kappa shape index (κ1) is 17.2. The van der Waals surface area contributed by atoms with Gasteiger partial charge >= 0.3 is 0 Å². The minimum absolute atomic E-state index is 0.0324. The lowest BCUT2D eigenvalue weighted by molar-refractivity contribution is -0.100. The van der Waals surface area contributed by atoms with Crippen LogP contribution in [0.1, 0.15) is 61.5 Å². The predicted molar refractivity (Wildman–Crippen MR) is 107 cm³/mol. The molecule has 1 atom stereocenters. The molecule has 0 radical (unpaired) electrons. The topological polar surface area (TPSA) is 60.6 Å². The highest BCUT2D eigenvalue weighted by atomic mass is 19.1. The third-order valence-electron chi connectivity index (χ3n) is 7.04. The number of halogens is 1. The largest absolute Gasteiger partial charge is 0.347 e. The summed E-state index contributed by atoms with van der Waals surface area (Å²) < 4.78 is 18.7. The molecule has 150 valence electrons. The van der Waals surface area contributed by atoms with Crippen LogP contribution in [0.15, 0.2) is 36.8 Å². The van der Waals surface area contributed by atoms with Gasteiger partial charge in [0.15, 0.2) is 0 Å². The summed E-state index contributed by atoms with van der Waals surface area (Å²) in [5.41, 5.74) is 2.12. The van der Waals surface area contributed by atoms with E-state index in [0.29, 0.717) is 5.95 Å². The summed E-state index contributed by atoms with van der Waals surface area (Å²) in [6, 6.07) is 7.07. The highest BCUT2D eigenvalue weighted by Crippen LogP contribution is 2.66. The third kappa shape index (κ3) is 2.56. The summed E-state index contributed by atoms with van der Waals surface area (Å²) in [6.07, 6.45) is 10.3. The molecule has 3 aliphatic carbocycles. The lowest BCUT2D eigenvalue weighted by Crippen LogP contribution is -2.75. The molecule has 3 aromatic rings. The Hall–Kier alpha value is -2.70. The molecule has 2 bridgehead atoms. The molecule has 0 saturated heterocycles. The predicted octanol–water partition coefficient (Wildman–Crippen LogP) is 3.98. The van der Waals surface area contributed by atoms with Crippen molar-refractivity contribution in [2.45, 2.75) is 69.0 Å². The molecule has 3 fully saturated rings. The van der Waals surface area contributed by atoms with Crippen molar-refractivity contribution in [3.05, 3.63) is 59.7 Å². The van der Waals surface area contributed by atoms with Crippen LogP contribution in [0.2, 0.25) is 0 Å². The van der Waals surface area contributed by atoms with Crippen LogP contribution in [0, 0.1) is 12.7 Å². The molecule has 3 saturated carbocycles. The van der Waals surface area contributed by atoms with E-state index in [-0.39, 0.29) is 22.8 Å². The zero-order valence-corrected chi connectivity index (χ0v) is 16.6. The second-order valence-corrected chi connectivity index (χ2v) is 9.17. The highest BCUT2D eigenvalue weighted by molar-refractivity contribution is 5.42. The summed E-state index contributed by atoms with van der Waals surface area (Å²) in [5, 5.41) is 8.38. The van der Waals surface area contributed by atoms with Crippen LogP contribution < -0.4 is 5.32 Å². The van der Waals surface area contributed by atoms with Crippen molar-refractivity contribution >= 4 is 5.95 Å². The first-order chi connectivity index (χ1) is 14.1. The lowest BCUT2D eigenvalue weighted by atomic mass is 9.44. The van der Waals surface area contributed by atoms with Crippen LogP contribution in [-0.2, 0) is 12.1 Å². The summed E-state index contributed by atoms with van der Waals surface area (Å²) in [7, 11) is 0.